The van der Waals surface area contributed by atoms with Crippen LogP contribution in [-0.2, 0) is 0 Å². The average molecular weight is 162 g/mol. The first kappa shape index (κ1) is 7.29. The second-order valence-corrected chi connectivity index (χ2v) is 2.62. The molecule has 0 aliphatic heterocycles. The molecule has 1 nitrogen and oxygen atoms in total. The van der Waals surface area contributed by atoms with Crippen LogP contribution in [-0.4, -0.2) is 6.26 Å². The van der Waals surface area contributed by atoms with Crippen LogP contribution >= 0.6 is 0 Å². The summed E-state index contributed by atoms with van der Waals surface area (Å²) in [5.74, 6) is 0. The second kappa shape index (κ2) is 3.86. The van der Waals surface area contributed by atoms with Crippen LogP contribution in [0.4, 0.5) is 0 Å². The Bertz CT molecular complexity index is 353. The highest BCUT2D eigenvalue weighted by Crippen LogP contribution is 2.13. The summed E-state index contributed by atoms with van der Waals surface area (Å²) in [4.78, 5) is 10.9. The Morgan fingerprint density at radius 1 is 1.42 bits per heavy atom. The molecular weight excluding hydrogens is 148 g/mol. The molecule has 0 unspecified atom stereocenters. The van der Waals surface area contributed by atoms with Gasteiger partial charge < -0.3 is 0 Å². The third-order valence-corrected chi connectivity index (χ3v) is 1.83. The lowest BCUT2D eigenvalue weighted by atomic mass is 10.0. The number of allylic oxidation sites excluding steroid dienone is 1. The van der Waals surface area contributed by atoms with Gasteiger partial charge in [-0.25, -0.2) is 0 Å². The van der Waals surface area contributed by atoms with Gasteiger partial charge >= 0.3 is 0 Å². The van der Waals surface area contributed by atoms with Crippen LogP contribution in [0.1, 0.15) is 29.8 Å². The van der Waals surface area contributed by atoms with Gasteiger partial charge in [0.1, 0.15) is 7.63 Å². The zero-order chi connectivity index (χ0) is 9.84. The molecule has 0 aromatic heterocycles. The summed E-state index contributed by atoms with van der Waals surface area (Å²) >= 11 is 0. The van der Waals surface area contributed by atoms with Crippen LogP contribution in [0, 0.1) is 6.92 Å². The zero-order valence-electron chi connectivity index (χ0n) is 8.29. The van der Waals surface area contributed by atoms with Crippen molar-refractivity contribution in [3.8, 4) is 0 Å². The maximum Gasteiger partial charge on any atom is 0.150 e. The van der Waals surface area contributed by atoms with Crippen molar-refractivity contribution in [1.82, 2.24) is 0 Å². The Kier molecular flexibility index (Phi) is 2.34. The van der Waals surface area contributed by atoms with Gasteiger partial charge in [0, 0.05) is 5.56 Å². The summed E-state index contributed by atoms with van der Waals surface area (Å²) in [5.41, 5.74) is 2.36. The Morgan fingerprint density at radius 2 is 2.08 bits per heavy atom. The van der Waals surface area contributed by atoms with Crippen LogP contribution in [0.2, 0.25) is 0 Å². The molecule has 0 atom stereocenters. The molecule has 0 spiro atoms. The minimum Gasteiger partial charge on any atom is -0.298 e. The van der Waals surface area contributed by atoms with Crippen molar-refractivity contribution in [3.63, 3.8) is 0 Å². The van der Waals surface area contributed by atoms with Crippen molar-refractivity contribution in [2.45, 2.75) is 13.8 Å². The molecule has 0 aliphatic carbocycles. The average Bonchev–Trinajstić information content (AvgIpc) is 2.08. The molecule has 62 valence electrons. The molecule has 0 saturated heterocycles. The molecule has 1 rings (SSSR count). The van der Waals surface area contributed by atoms with Crippen LogP contribution in [0.15, 0.2) is 24.3 Å². The summed E-state index contributed by atoms with van der Waals surface area (Å²) in [6.07, 6.45) is 3.23. The van der Waals surface area contributed by atoms with E-state index in [2.05, 4.69) is 0 Å². The number of carbonyl (C=O) groups is 1. The van der Waals surface area contributed by atoms with E-state index < -0.39 is 6.26 Å². The summed E-state index contributed by atoms with van der Waals surface area (Å²) in [7, 11) is 0. The molecule has 1 heteroatoms. The highest BCUT2D eigenvalue weighted by Gasteiger charge is 1.98. The van der Waals surface area contributed by atoms with Gasteiger partial charge in [-0.15, -0.1) is 0 Å². The fraction of sp³-hybridized carbons (Fsp3) is 0.182. The molecule has 1 aromatic rings. The van der Waals surface area contributed by atoms with Crippen molar-refractivity contribution < 1.29 is 6.17 Å². The van der Waals surface area contributed by atoms with Crippen LogP contribution in [0.3, 0.4) is 0 Å². The van der Waals surface area contributed by atoms with Crippen molar-refractivity contribution in [2.24, 2.45) is 0 Å². The van der Waals surface area contributed by atoms with E-state index in [-0.39, 0.29) is 0 Å². The Labute approximate surface area is 74.1 Å². The molecular formula is C11H12O. The molecule has 0 fully saturated rings. The lowest BCUT2D eigenvalue weighted by Crippen LogP contribution is -1.88. The molecule has 0 amide bonds. The van der Waals surface area contributed by atoms with Gasteiger partial charge in [-0.3, -0.25) is 4.79 Å². The topological polar surface area (TPSA) is 17.1 Å². The van der Waals surface area contributed by atoms with Crippen LogP contribution < -0.4 is 0 Å². The Balaban J connectivity index is 3.26. The predicted octanol–water partition coefficient (Wildman–Crippen LogP) is 2.84. The molecule has 0 aliphatic rings. The number of aldehydes is 1. The maximum atomic E-state index is 10.9. The molecule has 0 heterocycles. The van der Waals surface area contributed by atoms with E-state index in [0.29, 0.717) is 5.56 Å². The van der Waals surface area contributed by atoms with Gasteiger partial charge in [-0.1, -0.05) is 30.4 Å². The van der Waals surface area contributed by atoms with Gasteiger partial charge in [0.25, 0.3) is 0 Å². The predicted molar refractivity (Wildman–Crippen MR) is 51.3 cm³/mol. The van der Waals surface area contributed by atoms with E-state index >= 15 is 0 Å². The fourth-order valence-electron chi connectivity index (χ4n) is 1.12. The number of benzene rings is 1. The lowest BCUT2D eigenvalue weighted by Gasteiger charge is -2.01. The van der Waals surface area contributed by atoms with Gasteiger partial charge in [0.2, 0.25) is 0 Å². The second-order valence-electron chi connectivity index (χ2n) is 2.62. The Hall–Kier alpha value is -1.37. The number of rotatable bonds is 2. The summed E-state index contributed by atoms with van der Waals surface area (Å²) in [6, 6.07) is 5.41. The first-order valence-electron chi connectivity index (χ1n) is 4.40. The molecule has 0 N–H and O–H groups in total. The van der Waals surface area contributed by atoms with Crippen LogP contribution in [0.5, 0.6) is 0 Å². The standard InChI is InChI=1S/C11H12O/c1-3-5-10-6-4-7-11(8-12)9(10)2/h3-8H,1-2H3/b5-3+/i8T. The highest BCUT2D eigenvalue weighted by atomic mass is 16.1. The summed E-state index contributed by atoms with van der Waals surface area (Å²) in [5, 5.41) is 0. The van der Waals surface area contributed by atoms with E-state index in [9.17, 15) is 4.79 Å². The van der Waals surface area contributed by atoms with Crippen molar-refractivity contribution in [2.75, 3.05) is 0 Å². The minimum absolute atomic E-state index is 0.482. The molecule has 0 saturated carbocycles. The van der Waals surface area contributed by atoms with Crippen molar-refractivity contribution in [3.05, 3.63) is 41.0 Å². The normalized spacial score (nSPS) is 11.7. The van der Waals surface area contributed by atoms with E-state index in [1.165, 1.54) is 0 Å². The monoisotopic (exact) mass is 162 g/mol. The minimum atomic E-state index is -0.621. The van der Waals surface area contributed by atoms with E-state index in [1.807, 2.05) is 32.1 Å². The summed E-state index contributed by atoms with van der Waals surface area (Å²) in [6.45, 7) is 3.78. The van der Waals surface area contributed by atoms with Crippen LogP contribution in [0.25, 0.3) is 6.08 Å². The van der Waals surface area contributed by atoms with E-state index in [1.54, 1.807) is 12.1 Å². The van der Waals surface area contributed by atoms with Crippen molar-refractivity contribution >= 4 is 12.3 Å². The molecule has 1 aromatic carbocycles. The number of hydrogen-bond acceptors (Lipinski definition) is 1. The van der Waals surface area contributed by atoms with E-state index in [0.717, 1.165) is 11.1 Å². The quantitative estimate of drug-likeness (QED) is 0.611. The number of hydrogen-bond donors (Lipinski definition) is 0. The third-order valence-electron chi connectivity index (χ3n) is 1.83. The number of carbonyl (C=O) groups excluding carboxylic acids is 1. The maximum absolute atomic E-state index is 10.9. The fourth-order valence-corrected chi connectivity index (χ4v) is 1.12. The molecule has 0 radical (unpaired) electrons. The first-order valence-corrected chi connectivity index (χ1v) is 3.90. The van der Waals surface area contributed by atoms with Crippen molar-refractivity contribution in [1.29, 1.82) is 0 Å². The molecule has 0 bridgehead atoms. The van der Waals surface area contributed by atoms with Gasteiger partial charge in [-0.2, -0.15) is 0 Å². The van der Waals surface area contributed by atoms with E-state index in [4.69, 9.17) is 1.37 Å². The van der Waals surface area contributed by atoms with Gasteiger partial charge in [0.15, 0.2) is 0 Å². The first-order chi connectivity index (χ1) is 6.16. The SMILES string of the molecule is [3H]C(=O)c1cccc(/C=C/C)c1C. The van der Waals surface area contributed by atoms with Gasteiger partial charge in [-0.05, 0) is 25.0 Å². The summed E-state index contributed by atoms with van der Waals surface area (Å²) < 4.78 is 7.03. The lowest BCUT2D eigenvalue weighted by molar-refractivity contribution is 0.112. The van der Waals surface area contributed by atoms with Gasteiger partial charge in [0.05, 0.1) is 0 Å². The molecule has 12 heavy (non-hydrogen) atoms. The highest BCUT2D eigenvalue weighted by molar-refractivity contribution is 5.79. The largest absolute Gasteiger partial charge is 0.298 e. The third kappa shape index (κ3) is 1.62. The zero-order valence-corrected chi connectivity index (χ0v) is 7.29. The smallest absolute Gasteiger partial charge is 0.150 e. The Morgan fingerprint density at radius 3 is 2.67 bits per heavy atom.